The summed E-state index contributed by atoms with van der Waals surface area (Å²) in [6.45, 7) is 7.66. The number of piperidine rings is 1. The molecule has 6 heterocycles. The van der Waals surface area contributed by atoms with Crippen LogP contribution in [0, 0.1) is 40.4 Å². The number of fused-ring (bicyclic) bond motifs is 5. The van der Waals surface area contributed by atoms with Crippen LogP contribution >= 0.6 is 0 Å². The molecule has 398 valence electrons. The minimum Gasteiger partial charge on any atom is -0.394 e. The van der Waals surface area contributed by atoms with Crippen LogP contribution in [-0.2, 0) is 42.6 Å². The fourth-order valence-electron chi connectivity index (χ4n) is 14.1. The number of hydrogen-bond donors (Lipinski definition) is 13. The molecule has 3 aliphatic carbocycles. The van der Waals surface area contributed by atoms with Gasteiger partial charge in [0.05, 0.1) is 38.6 Å². The highest BCUT2D eigenvalue weighted by atomic mass is 16.8. The molecule has 9 fully saturated rings. The summed E-state index contributed by atoms with van der Waals surface area (Å²) in [6, 6.07) is 0. The maximum Gasteiger partial charge on any atom is 0.187 e. The molecule has 9 rings (SSSR count). The number of rotatable bonds is 11. The van der Waals surface area contributed by atoms with Gasteiger partial charge in [0.1, 0.15) is 97.3 Å². The fourth-order valence-corrected chi connectivity index (χ4v) is 14.1. The van der Waals surface area contributed by atoms with Crippen molar-refractivity contribution < 1.29 is 104 Å². The van der Waals surface area contributed by atoms with E-state index in [1.165, 1.54) is 6.42 Å². The first kappa shape index (κ1) is 53.0. The molecule has 0 amide bonds. The second kappa shape index (κ2) is 20.7. The Bertz CT molecular complexity index is 1710. The summed E-state index contributed by atoms with van der Waals surface area (Å²) in [4.78, 5) is 0. The molecule has 0 aromatic heterocycles. The molecule has 1 spiro atoms. The second-order valence-electron chi connectivity index (χ2n) is 22.5. The van der Waals surface area contributed by atoms with Crippen LogP contribution in [0.5, 0.6) is 0 Å². The Morgan fingerprint density at radius 3 is 1.84 bits per heavy atom. The molecule has 6 saturated heterocycles. The first-order valence-corrected chi connectivity index (χ1v) is 25.4. The van der Waals surface area contributed by atoms with Crippen LogP contribution in [0.3, 0.4) is 0 Å². The van der Waals surface area contributed by atoms with Crippen LogP contribution in [-0.4, -0.2) is 229 Å². The van der Waals surface area contributed by atoms with Gasteiger partial charge in [-0.2, -0.15) is 0 Å². The van der Waals surface area contributed by atoms with Crippen molar-refractivity contribution in [2.45, 2.75) is 220 Å². The van der Waals surface area contributed by atoms with E-state index in [2.05, 4.69) is 33.0 Å². The van der Waals surface area contributed by atoms with Crippen molar-refractivity contribution in [1.29, 1.82) is 0 Å². The number of ether oxygens (including phenoxy) is 9. The zero-order chi connectivity index (χ0) is 49.5. The van der Waals surface area contributed by atoms with Crippen LogP contribution in [0.1, 0.15) is 85.5 Å². The number of hydrogen-bond acceptors (Lipinski definition) is 22. The van der Waals surface area contributed by atoms with E-state index in [4.69, 9.17) is 42.6 Å². The molecular formula is C47H79NO21. The van der Waals surface area contributed by atoms with Gasteiger partial charge >= 0.3 is 0 Å². The van der Waals surface area contributed by atoms with Gasteiger partial charge in [-0.15, -0.1) is 0 Å². The third-order valence-electron chi connectivity index (χ3n) is 18.6. The van der Waals surface area contributed by atoms with Crippen LogP contribution < -0.4 is 5.32 Å². The minimum absolute atomic E-state index is 0.0733. The highest BCUT2D eigenvalue weighted by Gasteiger charge is 2.67. The number of nitrogens with one attached hydrogen (secondary N) is 1. The first-order chi connectivity index (χ1) is 32.8. The normalized spacial score (nSPS) is 56.9. The van der Waals surface area contributed by atoms with Crippen LogP contribution in [0.25, 0.3) is 0 Å². The van der Waals surface area contributed by atoms with Crippen molar-refractivity contribution >= 4 is 0 Å². The van der Waals surface area contributed by atoms with Crippen molar-refractivity contribution in [3.8, 4) is 0 Å². The number of aliphatic hydroxyl groups excluding tert-OH is 12. The molecule has 0 bridgehead atoms. The van der Waals surface area contributed by atoms with E-state index >= 15 is 0 Å². The van der Waals surface area contributed by atoms with Gasteiger partial charge in [-0.3, -0.25) is 5.32 Å². The van der Waals surface area contributed by atoms with Crippen molar-refractivity contribution in [2.75, 3.05) is 33.0 Å². The average Bonchev–Trinajstić information content (AvgIpc) is 3.56. The SMILES string of the molecule is C[C@@H]1CC[C@@]2(NC1)O[C@@H]1[C@H]3CC[C@H]4C[C@H](O[C@H]5O[C@H](CO)[C@H](O[C@@H]6O[C@@H](CO)[C@H](O)[C@H](O[C@H]7OC[C@H](O)[C@@H](O)[C@@H]7O[C@@H]7O[C@H](CO)[C@@H](O)[C@H](O)[C@H]7O)[C@@H]6O)[C@H](O)[C@@H]5O)CC[C@]4(C)[C@H]3CC[C@]1(C)[C@H]2C. The Balaban J connectivity index is 0.829. The van der Waals surface area contributed by atoms with Crippen molar-refractivity contribution in [3.63, 3.8) is 0 Å². The van der Waals surface area contributed by atoms with E-state index in [-0.39, 0.29) is 28.8 Å². The van der Waals surface area contributed by atoms with Crippen molar-refractivity contribution in [2.24, 2.45) is 40.4 Å². The molecular weight excluding hydrogens is 915 g/mol. The van der Waals surface area contributed by atoms with Gasteiger partial charge in [-0.05, 0) is 86.9 Å². The topological polar surface area (TPSA) is 338 Å². The summed E-state index contributed by atoms with van der Waals surface area (Å²) >= 11 is 0. The lowest BCUT2D eigenvalue weighted by Gasteiger charge is -2.60. The van der Waals surface area contributed by atoms with Gasteiger partial charge in [0, 0.05) is 17.9 Å². The lowest BCUT2D eigenvalue weighted by atomic mass is 9.46. The lowest BCUT2D eigenvalue weighted by molar-refractivity contribution is -0.390. The second-order valence-corrected chi connectivity index (χ2v) is 22.5. The summed E-state index contributed by atoms with van der Waals surface area (Å²) in [5.74, 6) is 2.39. The van der Waals surface area contributed by atoms with Gasteiger partial charge in [0.15, 0.2) is 25.2 Å². The third kappa shape index (κ3) is 9.39. The third-order valence-corrected chi connectivity index (χ3v) is 18.6. The fraction of sp³-hybridized carbons (Fsp3) is 1.00. The predicted molar refractivity (Wildman–Crippen MR) is 233 cm³/mol. The van der Waals surface area contributed by atoms with E-state index in [9.17, 15) is 61.3 Å². The minimum atomic E-state index is -1.97. The Morgan fingerprint density at radius 2 is 1.16 bits per heavy atom. The standard InChI is InChI=1S/C47H79NO21/c1-19-7-12-47(48-14-19)20(2)45(3)11-9-24-23(40(45)69-47)6-5-21-13-22(8-10-46(21,24)4)62-41-35(59)33(57)37(28(17-51)65-41)66-43-36(60)38(31(55)27(16-50)64-43)67-44-39(29(53)25(52)18-61-44)68-42-34(58)32(56)30(54)26(15-49)63-42/h19-44,48-60H,5-18H2,1-4H3/t19-,20-,21+,22-,23+,24+,25+,26-,27+,28-,29-,30-,31+,32+,33-,34-,35+,36+,37+,38+,39+,40-,41+,42+,43+,44-,45-,46+,47-/m1/s1. The zero-order valence-corrected chi connectivity index (χ0v) is 40.0. The number of aliphatic hydroxyl groups is 12. The van der Waals surface area contributed by atoms with Gasteiger partial charge in [-0.1, -0.05) is 27.7 Å². The molecule has 22 heteroatoms. The van der Waals surface area contributed by atoms with E-state index in [0.29, 0.717) is 36.0 Å². The lowest BCUT2D eigenvalue weighted by Crippen LogP contribution is -2.67. The molecule has 29 atom stereocenters. The summed E-state index contributed by atoms with van der Waals surface area (Å²) in [5, 5.41) is 133. The first-order valence-electron chi connectivity index (χ1n) is 25.4. The molecule has 9 aliphatic rings. The Kier molecular flexibility index (Phi) is 15.9. The van der Waals surface area contributed by atoms with Gasteiger partial charge < -0.3 is 104 Å². The van der Waals surface area contributed by atoms with E-state index in [1.807, 2.05) is 0 Å². The maximum atomic E-state index is 11.6. The molecule has 69 heavy (non-hydrogen) atoms. The molecule has 0 unspecified atom stereocenters. The summed E-state index contributed by atoms with van der Waals surface area (Å²) in [6.07, 6.45) is -23.4. The Hall–Kier alpha value is -0.880. The van der Waals surface area contributed by atoms with E-state index in [1.54, 1.807) is 0 Å². The zero-order valence-electron chi connectivity index (χ0n) is 40.0. The highest BCUT2D eigenvalue weighted by molar-refractivity contribution is 5.14. The van der Waals surface area contributed by atoms with Crippen LogP contribution in [0.2, 0.25) is 0 Å². The van der Waals surface area contributed by atoms with Crippen molar-refractivity contribution in [1.82, 2.24) is 5.32 Å². The van der Waals surface area contributed by atoms with Gasteiger partial charge in [-0.25, -0.2) is 0 Å². The smallest absolute Gasteiger partial charge is 0.187 e. The highest BCUT2D eigenvalue weighted by Crippen LogP contribution is 2.67. The Labute approximate surface area is 402 Å². The summed E-state index contributed by atoms with van der Waals surface area (Å²) in [5.41, 5.74) is -0.0788. The molecule has 3 saturated carbocycles. The van der Waals surface area contributed by atoms with Crippen LogP contribution in [0.4, 0.5) is 0 Å². The molecule has 0 aromatic carbocycles. The van der Waals surface area contributed by atoms with Gasteiger partial charge in [0.2, 0.25) is 0 Å². The Morgan fingerprint density at radius 1 is 0.551 bits per heavy atom. The van der Waals surface area contributed by atoms with E-state index < -0.39 is 143 Å². The molecule has 13 N–H and O–H groups in total. The molecule has 0 radical (unpaired) electrons. The van der Waals surface area contributed by atoms with E-state index in [0.717, 1.165) is 51.5 Å². The summed E-state index contributed by atoms with van der Waals surface area (Å²) < 4.78 is 54.1. The van der Waals surface area contributed by atoms with Crippen LogP contribution in [0.15, 0.2) is 0 Å². The monoisotopic (exact) mass is 994 g/mol. The molecule has 6 aliphatic heterocycles. The molecule has 0 aromatic rings. The summed E-state index contributed by atoms with van der Waals surface area (Å²) in [7, 11) is 0. The maximum absolute atomic E-state index is 11.6. The quantitative estimate of drug-likeness (QED) is 0.0901. The largest absolute Gasteiger partial charge is 0.394 e. The average molecular weight is 994 g/mol. The van der Waals surface area contributed by atoms with Gasteiger partial charge in [0.25, 0.3) is 0 Å². The predicted octanol–water partition coefficient (Wildman–Crippen LogP) is -3.33. The van der Waals surface area contributed by atoms with Crippen molar-refractivity contribution in [3.05, 3.63) is 0 Å². The molecule has 22 nitrogen and oxygen atoms in total.